The van der Waals surface area contributed by atoms with Crippen molar-refractivity contribution < 1.29 is 18.0 Å². The second-order valence-electron chi connectivity index (χ2n) is 8.43. The molecular weight excluding hydrogens is 450 g/mol. The average Bonchev–Trinajstić information content (AvgIpc) is 3.24. The Morgan fingerprint density at radius 1 is 1.00 bits per heavy atom. The van der Waals surface area contributed by atoms with E-state index < -0.39 is 22.0 Å². The summed E-state index contributed by atoms with van der Waals surface area (Å²) in [6.07, 6.45) is 0.778. The van der Waals surface area contributed by atoms with Crippen LogP contribution in [0.2, 0.25) is 0 Å². The molecule has 1 heterocycles. The van der Waals surface area contributed by atoms with Gasteiger partial charge in [0.05, 0.1) is 4.90 Å². The molecule has 8 heteroatoms. The summed E-state index contributed by atoms with van der Waals surface area (Å²) in [7, 11) is -4.00. The van der Waals surface area contributed by atoms with Gasteiger partial charge in [-0.1, -0.05) is 48.0 Å². The van der Waals surface area contributed by atoms with Gasteiger partial charge in [0.2, 0.25) is 21.8 Å². The minimum absolute atomic E-state index is 0.0675. The van der Waals surface area contributed by atoms with Gasteiger partial charge in [-0.15, -0.1) is 0 Å². The summed E-state index contributed by atoms with van der Waals surface area (Å²) < 4.78 is 29.2. The summed E-state index contributed by atoms with van der Waals surface area (Å²) in [4.78, 5) is 26.6. The number of anilines is 2. The van der Waals surface area contributed by atoms with E-state index in [0.717, 1.165) is 22.4 Å². The fraction of sp³-hybridized carbons (Fsp3) is 0.231. The summed E-state index contributed by atoms with van der Waals surface area (Å²) in [5, 5.41) is 2.81. The van der Waals surface area contributed by atoms with Crippen molar-refractivity contribution in [3.05, 3.63) is 89.5 Å². The maximum atomic E-state index is 13.3. The molecule has 0 fully saturated rings. The normalized spacial score (nSPS) is 13.9. The molecule has 176 valence electrons. The maximum Gasteiger partial charge on any atom is 0.242 e. The van der Waals surface area contributed by atoms with E-state index in [1.165, 1.54) is 13.0 Å². The zero-order valence-corrected chi connectivity index (χ0v) is 19.9. The molecule has 1 aliphatic heterocycles. The molecular formula is C26H27N3O4S. The molecule has 0 aliphatic carbocycles. The summed E-state index contributed by atoms with van der Waals surface area (Å²) in [5.41, 5.74) is 4.00. The molecule has 0 saturated carbocycles. The molecule has 1 aliphatic rings. The third kappa shape index (κ3) is 5.35. The Labute approximate surface area is 199 Å². The lowest BCUT2D eigenvalue weighted by Crippen LogP contribution is -2.45. The Morgan fingerprint density at radius 2 is 1.71 bits per heavy atom. The topological polar surface area (TPSA) is 95.6 Å². The number of fused-ring (bicyclic) bond motifs is 1. The summed E-state index contributed by atoms with van der Waals surface area (Å²) in [5.74, 6) is -0.525. The number of hydrogen-bond acceptors (Lipinski definition) is 4. The van der Waals surface area contributed by atoms with Gasteiger partial charge >= 0.3 is 0 Å². The van der Waals surface area contributed by atoms with E-state index >= 15 is 0 Å². The standard InChI is InChI=1S/C26H27N3O4S/c1-18-8-10-22(11-9-18)27-26(31)24(16-20-6-4-3-5-7-20)28-34(32,33)23-12-13-25-21(17-23)14-15-29(25)19(2)30/h3-13,17,24,28H,14-16H2,1-2H3,(H,27,31). The van der Waals surface area contributed by atoms with Crippen molar-refractivity contribution in [2.75, 3.05) is 16.8 Å². The van der Waals surface area contributed by atoms with Crippen LogP contribution in [0.3, 0.4) is 0 Å². The van der Waals surface area contributed by atoms with Crippen molar-refractivity contribution in [3.8, 4) is 0 Å². The molecule has 34 heavy (non-hydrogen) atoms. The van der Waals surface area contributed by atoms with Crippen molar-refractivity contribution in [1.82, 2.24) is 4.72 Å². The molecule has 1 atom stereocenters. The van der Waals surface area contributed by atoms with Gasteiger partial charge < -0.3 is 10.2 Å². The van der Waals surface area contributed by atoms with Gasteiger partial charge in [0.15, 0.2) is 0 Å². The molecule has 0 saturated heterocycles. The van der Waals surface area contributed by atoms with Gasteiger partial charge in [0.1, 0.15) is 6.04 Å². The Bertz CT molecular complexity index is 1310. The van der Waals surface area contributed by atoms with Crippen LogP contribution in [-0.4, -0.2) is 32.8 Å². The van der Waals surface area contributed by atoms with Crippen LogP contribution in [0.25, 0.3) is 0 Å². The van der Waals surface area contributed by atoms with Gasteiger partial charge in [-0.2, -0.15) is 4.72 Å². The van der Waals surface area contributed by atoms with E-state index in [4.69, 9.17) is 0 Å². The first-order valence-electron chi connectivity index (χ1n) is 11.1. The van der Waals surface area contributed by atoms with Crippen LogP contribution in [0.15, 0.2) is 77.7 Å². The third-order valence-corrected chi connectivity index (χ3v) is 7.32. The molecule has 0 aromatic heterocycles. The molecule has 4 rings (SSSR count). The lowest BCUT2D eigenvalue weighted by molar-refractivity contribution is -0.118. The monoisotopic (exact) mass is 477 g/mol. The summed E-state index contributed by atoms with van der Waals surface area (Å²) in [6.45, 7) is 3.96. The van der Waals surface area contributed by atoms with Crippen LogP contribution in [0.5, 0.6) is 0 Å². The highest BCUT2D eigenvalue weighted by atomic mass is 32.2. The van der Waals surface area contributed by atoms with E-state index in [2.05, 4.69) is 10.0 Å². The van der Waals surface area contributed by atoms with Crippen LogP contribution in [0.4, 0.5) is 11.4 Å². The average molecular weight is 478 g/mol. The molecule has 0 radical (unpaired) electrons. The van der Waals surface area contributed by atoms with Gasteiger partial charge in [-0.05, 0) is 61.2 Å². The van der Waals surface area contributed by atoms with E-state index in [0.29, 0.717) is 18.7 Å². The second kappa shape index (κ2) is 9.79. The number of nitrogens with zero attached hydrogens (tertiary/aromatic N) is 1. The van der Waals surface area contributed by atoms with Crippen LogP contribution in [-0.2, 0) is 32.5 Å². The van der Waals surface area contributed by atoms with Gasteiger partial charge in [0, 0.05) is 24.8 Å². The Kier molecular flexibility index (Phi) is 6.81. The zero-order valence-electron chi connectivity index (χ0n) is 19.1. The smallest absolute Gasteiger partial charge is 0.242 e. The highest BCUT2D eigenvalue weighted by Gasteiger charge is 2.29. The molecule has 0 spiro atoms. The largest absolute Gasteiger partial charge is 0.325 e. The van der Waals surface area contributed by atoms with Crippen LogP contribution in [0.1, 0.15) is 23.6 Å². The van der Waals surface area contributed by atoms with E-state index in [-0.39, 0.29) is 17.2 Å². The molecule has 2 amide bonds. The predicted octanol–water partition coefficient (Wildman–Crippen LogP) is 3.43. The van der Waals surface area contributed by atoms with Crippen molar-refractivity contribution in [2.45, 2.75) is 37.6 Å². The highest BCUT2D eigenvalue weighted by Crippen LogP contribution is 2.30. The number of nitrogens with one attached hydrogen (secondary N) is 2. The lowest BCUT2D eigenvalue weighted by Gasteiger charge is -2.20. The molecule has 0 bridgehead atoms. The minimum Gasteiger partial charge on any atom is -0.325 e. The van der Waals surface area contributed by atoms with Crippen LogP contribution >= 0.6 is 0 Å². The number of amides is 2. The quantitative estimate of drug-likeness (QED) is 0.545. The van der Waals surface area contributed by atoms with Gasteiger partial charge in [0.25, 0.3) is 0 Å². The SMILES string of the molecule is CC(=O)N1CCc2cc(S(=O)(=O)NC(Cc3ccccc3)C(=O)Nc3ccc(C)cc3)ccc21. The predicted molar refractivity (Wildman–Crippen MR) is 132 cm³/mol. The number of carbonyl (C=O) groups excluding carboxylic acids is 2. The third-order valence-electron chi connectivity index (χ3n) is 5.85. The van der Waals surface area contributed by atoms with E-state index in [1.54, 1.807) is 29.2 Å². The van der Waals surface area contributed by atoms with E-state index in [9.17, 15) is 18.0 Å². The molecule has 3 aromatic carbocycles. The number of aryl methyl sites for hydroxylation is 1. The Morgan fingerprint density at radius 3 is 2.38 bits per heavy atom. The first-order valence-corrected chi connectivity index (χ1v) is 12.6. The zero-order chi connectivity index (χ0) is 24.3. The first-order chi connectivity index (χ1) is 16.2. The van der Waals surface area contributed by atoms with Crippen molar-refractivity contribution in [3.63, 3.8) is 0 Å². The molecule has 2 N–H and O–H groups in total. The van der Waals surface area contributed by atoms with Crippen molar-refractivity contribution in [2.24, 2.45) is 0 Å². The van der Waals surface area contributed by atoms with Gasteiger partial charge in [-0.25, -0.2) is 8.42 Å². The lowest BCUT2D eigenvalue weighted by atomic mass is 10.1. The highest BCUT2D eigenvalue weighted by molar-refractivity contribution is 7.89. The van der Waals surface area contributed by atoms with Crippen LogP contribution in [0, 0.1) is 6.92 Å². The van der Waals surface area contributed by atoms with Crippen molar-refractivity contribution >= 4 is 33.2 Å². The fourth-order valence-electron chi connectivity index (χ4n) is 4.03. The summed E-state index contributed by atoms with van der Waals surface area (Å²) in [6, 6.07) is 20.3. The number of carbonyl (C=O) groups is 2. The molecule has 1 unspecified atom stereocenters. The maximum absolute atomic E-state index is 13.3. The number of hydrogen-bond donors (Lipinski definition) is 2. The molecule has 3 aromatic rings. The Balaban J connectivity index is 1.59. The molecule has 7 nitrogen and oxygen atoms in total. The van der Waals surface area contributed by atoms with Gasteiger partial charge in [-0.3, -0.25) is 9.59 Å². The number of benzene rings is 3. The summed E-state index contributed by atoms with van der Waals surface area (Å²) >= 11 is 0. The van der Waals surface area contributed by atoms with Crippen molar-refractivity contribution in [1.29, 1.82) is 0 Å². The second-order valence-corrected chi connectivity index (χ2v) is 10.1. The number of sulfonamides is 1. The Hall–Kier alpha value is -3.49. The minimum atomic E-state index is -4.00. The first kappa shape index (κ1) is 23.7. The fourth-order valence-corrected chi connectivity index (χ4v) is 5.28. The van der Waals surface area contributed by atoms with Crippen LogP contribution < -0.4 is 14.9 Å². The number of rotatable bonds is 7. The van der Waals surface area contributed by atoms with E-state index in [1.807, 2.05) is 49.4 Å².